The zero-order valence-corrected chi connectivity index (χ0v) is 11.7. The van der Waals surface area contributed by atoms with Gasteiger partial charge in [0.15, 0.2) is 0 Å². The van der Waals surface area contributed by atoms with Crippen LogP contribution in [-0.2, 0) is 0 Å². The highest BCUT2D eigenvalue weighted by atomic mass is 19.4. The van der Waals surface area contributed by atoms with Gasteiger partial charge in [-0.05, 0) is 37.3 Å². The molecule has 1 N–H and O–H groups in total. The average molecular weight is 287 g/mol. The first-order chi connectivity index (χ1) is 9.42. The van der Waals surface area contributed by atoms with Crippen molar-refractivity contribution in [3.63, 3.8) is 0 Å². The SMILES string of the molecule is CCNC(c1ccccc1OC(F)(F)F)C(C)C1CC1. The molecule has 0 saturated heterocycles. The van der Waals surface area contributed by atoms with Crippen LogP contribution in [0.3, 0.4) is 0 Å². The lowest BCUT2D eigenvalue weighted by Crippen LogP contribution is -2.29. The minimum absolute atomic E-state index is 0.0987. The highest BCUT2D eigenvalue weighted by Crippen LogP contribution is 2.44. The maximum Gasteiger partial charge on any atom is 0.573 e. The van der Waals surface area contributed by atoms with Crippen LogP contribution < -0.4 is 10.1 Å². The molecule has 1 aromatic rings. The second kappa shape index (κ2) is 6.04. The smallest absolute Gasteiger partial charge is 0.405 e. The fourth-order valence-electron chi connectivity index (χ4n) is 2.65. The summed E-state index contributed by atoms with van der Waals surface area (Å²) in [6.45, 7) is 4.76. The fraction of sp³-hybridized carbons (Fsp3) is 0.600. The third-order valence-corrected chi connectivity index (χ3v) is 3.80. The third kappa shape index (κ3) is 3.88. The summed E-state index contributed by atoms with van der Waals surface area (Å²) in [7, 11) is 0. The number of ether oxygens (including phenoxy) is 1. The van der Waals surface area contributed by atoms with Crippen LogP contribution in [0.25, 0.3) is 0 Å². The first-order valence-corrected chi connectivity index (χ1v) is 7.00. The fourth-order valence-corrected chi connectivity index (χ4v) is 2.65. The van der Waals surface area contributed by atoms with Crippen molar-refractivity contribution < 1.29 is 17.9 Å². The Labute approximate surface area is 117 Å². The lowest BCUT2D eigenvalue weighted by molar-refractivity contribution is -0.275. The highest BCUT2D eigenvalue weighted by Gasteiger charge is 2.37. The van der Waals surface area contributed by atoms with E-state index in [1.54, 1.807) is 18.2 Å². The van der Waals surface area contributed by atoms with Gasteiger partial charge < -0.3 is 10.1 Å². The molecule has 1 aliphatic rings. The van der Waals surface area contributed by atoms with Crippen LogP contribution in [0, 0.1) is 11.8 Å². The molecular weight excluding hydrogens is 267 g/mol. The first-order valence-electron chi connectivity index (χ1n) is 7.00. The van der Waals surface area contributed by atoms with Crippen LogP contribution in [0.1, 0.15) is 38.3 Å². The minimum Gasteiger partial charge on any atom is -0.405 e. The lowest BCUT2D eigenvalue weighted by atomic mass is 9.90. The van der Waals surface area contributed by atoms with E-state index in [2.05, 4.69) is 17.0 Å². The summed E-state index contributed by atoms with van der Waals surface area (Å²) in [5.74, 6) is 0.796. The van der Waals surface area contributed by atoms with Crippen LogP contribution in [0.2, 0.25) is 0 Å². The quantitative estimate of drug-likeness (QED) is 0.843. The van der Waals surface area contributed by atoms with Crippen molar-refractivity contribution in [1.82, 2.24) is 5.32 Å². The molecule has 20 heavy (non-hydrogen) atoms. The van der Waals surface area contributed by atoms with Gasteiger partial charge in [0.2, 0.25) is 0 Å². The minimum atomic E-state index is -4.66. The lowest BCUT2D eigenvalue weighted by Gasteiger charge is -2.27. The van der Waals surface area contributed by atoms with Crippen molar-refractivity contribution in [3.05, 3.63) is 29.8 Å². The van der Waals surface area contributed by atoms with Crippen LogP contribution in [0.15, 0.2) is 24.3 Å². The molecule has 0 aliphatic heterocycles. The molecule has 0 radical (unpaired) electrons. The maximum atomic E-state index is 12.5. The van der Waals surface area contributed by atoms with Gasteiger partial charge in [-0.2, -0.15) is 0 Å². The predicted molar refractivity (Wildman–Crippen MR) is 71.4 cm³/mol. The molecule has 2 unspecified atom stereocenters. The molecule has 2 atom stereocenters. The third-order valence-electron chi connectivity index (χ3n) is 3.80. The van der Waals surface area contributed by atoms with Crippen LogP contribution in [0.4, 0.5) is 13.2 Å². The number of halogens is 3. The average Bonchev–Trinajstić information content (AvgIpc) is 3.18. The zero-order chi connectivity index (χ0) is 14.8. The van der Waals surface area contributed by atoms with Gasteiger partial charge in [-0.25, -0.2) is 0 Å². The van der Waals surface area contributed by atoms with E-state index in [-0.39, 0.29) is 11.8 Å². The normalized spacial score (nSPS) is 18.6. The number of nitrogens with one attached hydrogen (secondary N) is 1. The van der Waals surface area contributed by atoms with E-state index in [0.29, 0.717) is 23.9 Å². The monoisotopic (exact) mass is 287 g/mol. The summed E-state index contributed by atoms with van der Waals surface area (Å²) in [6, 6.07) is 6.31. The van der Waals surface area contributed by atoms with Crippen LogP contribution in [-0.4, -0.2) is 12.9 Å². The Morgan fingerprint density at radius 2 is 1.95 bits per heavy atom. The molecule has 1 saturated carbocycles. The molecule has 1 fully saturated rings. The molecule has 0 amide bonds. The van der Waals surface area contributed by atoms with Gasteiger partial charge in [-0.15, -0.1) is 13.2 Å². The summed E-state index contributed by atoms with van der Waals surface area (Å²) in [5.41, 5.74) is 0.589. The second-order valence-corrected chi connectivity index (χ2v) is 5.32. The predicted octanol–water partition coefficient (Wildman–Crippen LogP) is 4.28. The Bertz CT molecular complexity index is 443. The summed E-state index contributed by atoms with van der Waals surface area (Å²) >= 11 is 0. The first kappa shape index (κ1) is 15.2. The van der Waals surface area contributed by atoms with Gasteiger partial charge in [-0.3, -0.25) is 0 Å². The van der Waals surface area contributed by atoms with Crippen molar-refractivity contribution >= 4 is 0 Å². The molecule has 1 aromatic carbocycles. The molecule has 0 bridgehead atoms. The largest absolute Gasteiger partial charge is 0.573 e. The van der Waals surface area contributed by atoms with Crippen molar-refractivity contribution in [2.24, 2.45) is 11.8 Å². The van der Waals surface area contributed by atoms with E-state index in [0.717, 1.165) is 12.8 Å². The number of alkyl halides is 3. The molecule has 2 nitrogen and oxygen atoms in total. The second-order valence-electron chi connectivity index (χ2n) is 5.32. The highest BCUT2D eigenvalue weighted by molar-refractivity contribution is 5.36. The van der Waals surface area contributed by atoms with Crippen molar-refractivity contribution in [2.75, 3.05) is 6.54 Å². The number of para-hydroxylation sites is 1. The van der Waals surface area contributed by atoms with Gasteiger partial charge in [0.25, 0.3) is 0 Å². The van der Waals surface area contributed by atoms with E-state index in [1.807, 2.05) is 6.92 Å². The molecule has 1 aliphatic carbocycles. The van der Waals surface area contributed by atoms with Crippen LogP contribution >= 0.6 is 0 Å². The topological polar surface area (TPSA) is 21.3 Å². The Hall–Kier alpha value is -1.23. The molecule has 0 heterocycles. The Morgan fingerprint density at radius 3 is 2.50 bits per heavy atom. The number of hydrogen-bond donors (Lipinski definition) is 1. The van der Waals surface area contributed by atoms with Crippen molar-refractivity contribution in [3.8, 4) is 5.75 Å². The Morgan fingerprint density at radius 1 is 1.30 bits per heavy atom. The molecule has 5 heteroatoms. The standard InChI is InChI=1S/C15H20F3NO/c1-3-19-14(10(2)11-8-9-11)12-6-4-5-7-13(12)20-15(16,17)18/h4-7,10-11,14,19H,3,8-9H2,1-2H3. The summed E-state index contributed by atoms with van der Waals surface area (Å²) < 4.78 is 41.7. The van der Waals surface area contributed by atoms with E-state index >= 15 is 0 Å². The van der Waals surface area contributed by atoms with E-state index in [1.165, 1.54) is 6.07 Å². The summed E-state index contributed by atoms with van der Waals surface area (Å²) in [4.78, 5) is 0. The van der Waals surface area contributed by atoms with Crippen LogP contribution in [0.5, 0.6) is 5.75 Å². The van der Waals surface area contributed by atoms with Gasteiger partial charge >= 0.3 is 6.36 Å². The Kier molecular flexibility index (Phi) is 4.58. The van der Waals surface area contributed by atoms with Crippen molar-refractivity contribution in [1.29, 1.82) is 0 Å². The maximum absolute atomic E-state index is 12.5. The number of rotatable bonds is 6. The van der Waals surface area contributed by atoms with Gasteiger partial charge in [0.1, 0.15) is 5.75 Å². The molecule has 2 rings (SSSR count). The van der Waals surface area contributed by atoms with E-state index in [9.17, 15) is 13.2 Å². The molecule has 0 aromatic heterocycles. The summed E-state index contributed by atoms with van der Waals surface area (Å²) in [5, 5.41) is 3.30. The zero-order valence-electron chi connectivity index (χ0n) is 11.7. The van der Waals surface area contributed by atoms with E-state index < -0.39 is 6.36 Å². The number of hydrogen-bond acceptors (Lipinski definition) is 2. The van der Waals surface area contributed by atoms with Gasteiger partial charge in [-0.1, -0.05) is 32.0 Å². The van der Waals surface area contributed by atoms with Crippen molar-refractivity contribution in [2.45, 2.75) is 39.1 Å². The number of benzene rings is 1. The molecule has 0 spiro atoms. The van der Waals surface area contributed by atoms with E-state index in [4.69, 9.17) is 0 Å². The van der Waals surface area contributed by atoms with Gasteiger partial charge in [0, 0.05) is 11.6 Å². The molecular formula is C15H20F3NO. The van der Waals surface area contributed by atoms with Gasteiger partial charge in [0.05, 0.1) is 0 Å². The molecule has 112 valence electrons. The summed E-state index contributed by atoms with van der Waals surface area (Å²) in [6.07, 6.45) is -2.34. The Balaban J connectivity index is 2.27.